The Bertz CT molecular complexity index is 638. The van der Waals surface area contributed by atoms with Crippen molar-refractivity contribution < 1.29 is 9.18 Å². The van der Waals surface area contributed by atoms with Crippen LogP contribution in [0.5, 0.6) is 0 Å². The van der Waals surface area contributed by atoms with Crippen LogP contribution in [-0.2, 0) is 24.2 Å². The molecule has 0 fully saturated rings. The van der Waals surface area contributed by atoms with Crippen molar-refractivity contribution in [2.45, 2.75) is 25.8 Å². The number of aromatic nitrogens is 2. The van der Waals surface area contributed by atoms with Gasteiger partial charge in [-0.05, 0) is 24.0 Å². The third-order valence-corrected chi connectivity index (χ3v) is 3.95. The zero-order chi connectivity index (χ0) is 14.7. The van der Waals surface area contributed by atoms with Gasteiger partial charge in [-0.25, -0.2) is 9.37 Å². The molecule has 0 spiro atoms. The maximum Gasteiger partial charge on any atom is 0.224 e. The number of rotatable bonds is 4. The molecule has 0 saturated heterocycles. The molecule has 1 N–H and O–H groups in total. The fourth-order valence-electron chi connectivity index (χ4n) is 2.73. The van der Waals surface area contributed by atoms with Gasteiger partial charge in [0, 0.05) is 31.9 Å². The Morgan fingerprint density at radius 2 is 2.29 bits per heavy atom. The van der Waals surface area contributed by atoms with Crippen LogP contribution in [0.15, 0.2) is 36.7 Å². The molecular formula is C16H18FN3O. The van der Waals surface area contributed by atoms with Gasteiger partial charge in [0.2, 0.25) is 5.91 Å². The van der Waals surface area contributed by atoms with E-state index < -0.39 is 0 Å². The van der Waals surface area contributed by atoms with Gasteiger partial charge >= 0.3 is 0 Å². The van der Waals surface area contributed by atoms with Crippen LogP contribution in [0, 0.1) is 11.7 Å². The Morgan fingerprint density at radius 1 is 1.43 bits per heavy atom. The standard InChI is InChI=1S/C16H18FN3O/c17-14-4-2-1-3-13(14)10-16(21)19-11-12-5-7-20-8-6-18-15(20)9-12/h1-4,6,8,12H,5,7,9-11H2,(H,19,21)/t12-/m0/s1. The number of hydrogen-bond acceptors (Lipinski definition) is 2. The van der Waals surface area contributed by atoms with Crippen LogP contribution < -0.4 is 5.32 Å². The third-order valence-electron chi connectivity index (χ3n) is 3.95. The van der Waals surface area contributed by atoms with Gasteiger partial charge in [-0.15, -0.1) is 0 Å². The molecule has 1 atom stereocenters. The topological polar surface area (TPSA) is 46.9 Å². The normalized spacial score (nSPS) is 17.3. The van der Waals surface area contributed by atoms with E-state index in [0.29, 0.717) is 18.0 Å². The molecule has 1 aliphatic rings. The zero-order valence-electron chi connectivity index (χ0n) is 11.8. The van der Waals surface area contributed by atoms with Crippen LogP contribution in [0.4, 0.5) is 4.39 Å². The largest absolute Gasteiger partial charge is 0.356 e. The zero-order valence-corrected chi connectivity index (χ0v) is 11.8. The fourth-order valence-corrected chi connectivity index (χ4v) is 2.73. The van der Waals surface area contributed by atoms with Gasteiger partial charge in [-0.3, -0.25) is 4.79 Å². The Kier molecular flexibility index (Phi) is 3.99. The van der Waals surface area contributed by atoms with Gasteiger partial charge in [0.05, 0.1) is 6.42 Å². The SMILES string of the molecule is O=C(Cc1ccccc1F)NC[C@H]1CCn2ccnc2C1. The average Bonchev–Trinajstić information content (AvgIpc) is 2.95. The highest BCUT2D eigenvalue weighted by Crippen LogP contribution is 2.18. The molecule has 0 aliphatic carbocycles. The first-order chi connectivity index (χ1) is 10.2. The van der Waals surface area contributed by atoms with E-state index in [1.54, 1.807) is 18.2 Å². The number of amides is 1. The number of imidazole rings is 1. The lowest BCUT2D eigenvalue weighted by atomic mass is 9.97. The van der Waals surface area contributed by atoms with Crippen molar-refractivity contribution in [1.29, 1.82) is 0 Å². The summed E-state index contributed by atoms with van der Waals surface area (Å²) in [6.07, 6.45) is 5.81. The van der Waals surface area contributed by atoms with Crippen LogP contribution in [0.2, 0.25) is 0 Å². The quantitative estimate of drug-likeness (QED) is 0.934. The summed E-state index contributed by atoms with van der Waals surface area (Å²) < 4.78 is 15.6. The van der Waals surface area contributed by atoms with Crippen molar-refractivity contribution in [3.05, 3.63) is 53.9 Å². The van der Waals surface area contributed by atoms with Gasteiger partial charge in [0.1, 0.15) is 11.6 Å². The van der Waals surface area contributed by atoms with Crippen LogP contribution in [-0.4, -0.2) is 22.0 Å². The van der Waals surface area contributed by atoms with E-state index in [1.165, 1.54) is 6.07 Å². The molecule has 4 nitrogen and oxygen atoms in total. The molecule has 1 amide bonds. The summed E-state index contributed by atoms with van der Waals surface area (Å²) in [4.78, 5) is 16.2. The van der Waals surface area contributed by atoms with E-state index in [4.69, 9.17) is 0 Å². The maximum atomic E-state index is 13.5. The molecule has 1 aromatic heterocycles. The number of hydrogen-bond donors (Lipinski definition) is 1. The second-order valence-electron chi connectivity index (χ2n) is 5.47. The first-order valence-corrected chi connectivity index (χ1v) is 7.22. The highest BCUT2D eigenvalue weighted by atomic mass is 19.1. The minimum absolute atomic E-state index is 0.0913. The first kappa shape index (κ1) is 13.8. The van der Waals surface area contributed by atoms with E-state index in [0.717, 1.165) is 25.2 Å². The molecular weight excluding hydrogens is 269 g/mol. The van der Waals surface area contributed by atoms with Crippen LogP contribution in [0.1, 0.15) is 17.8 Å². The van der Waals surface area contributed by atoms with Gasteiger partial charge in [-0.1, -0.05) is 18.2 Å². The van der Waals surface area contributed by atoms with Crippen molar-refractivity contribution in [1.82, 2.24) is 14.9 Å². The Morgan fingerprint density at radius 3 is 3.14 bits per heavy atom. The van der Waals surface area contributed by atoms with Crippen LogP contribution in [0.3, 0.4) is 0 Å². The van der Waals surface area contributed by atoms with Crippen molar-refractivity contribution in [2.24, 2.45) is 5.92 Å². The summed E-state index contributed by atoms with van der Waals surface area (Å²) in [7, 11) is 0. The van der Waals surface area contributed by atoms with E-state index >= 15 is 0 Å². The van der Waals surface area contributed by atoms with Gasteiger partial charge in [0.15, 0.2) is 0 Å². The summed E-state index contributed by atoms with van der Waals surface area (Å²) in [5, 5.41) is 2.91. The summed E-state index contributed by atoms with van der Waals surface area (Å²) in [5.41, 5.74) is 0.439. The van der Waals surface area contributed by atoms with E-state index in [2.05, 4.69) is 14.9 Å². The molecule has 5 heteroatoms. The summed E-state index contributed by atoms with van der Waals surface area (Å²) >= 11 is 0. The second kappa shape index (κ2) is 6.08. The molecule has 110 valence electrons. The Balaban J connectivity index is 1.50. The molecule has 2 aromatic rings. The lowest BCUT2D eigenvalue weighted by Crippen LogP contribution is -2.34. The van der Waals surface area contributed by atoms with Crippen molar-refractivity contribution in [2.75, 3.05) is 6.54 Å². The maximum absolute atomic E-state index is 13.5. The highest BCUT2D eigenvalue weighted by Gasteiger charge is 2.19. The number of fused-ring (bicyclic) bond motifs is 1. The number of nitrogens with one attached hydrogen (secondary N) is 1. The summed E-state index contributed by atoms with van der Waals surface area (Å²) in [6, 6.07) is 6.39. The lowest BCUT2D eigenvalue weighted by Gasteiger charge is -2.23. The predicted octanol–water partition coefficient (Wildman–Crippen LogP) is 1.94. The van der Waals surface area contributed by atoms with E-state index in [-0.39, 0.29) is 18.1 Å². The second-order valence-corrected chi connectivity index (χ2v) is 5.47. The first-order valence-electron chi connectivity index (χ1n) is 7.22. The van der Waals surface area contributed by atoms with E-state index in [1.807, 2.05) is 12.4 Å². The molecule has 0 saturated carbocycles. The van der Waals surface area contributed by atoms with E-state index in [9.17, 15) is 9.18 Å². The van der Waals surface area contributed by atoms with Crippen molar-refractivity contribution >= 4 is 5.91 Å². The minimum Gasteiger partial charge on any atom is -0.356 e. The van der Waals surface area contributed by atoms with Gasteiger partial charge in [0.25, 0.3) is 0 Å². The lowest BCUT2D eigenvalue weighted by molar-refractivity contribution is -0.120. The van der Waals surface area contributed by atoms with Crippen LogP contribution in [0.25, 0.3) is 0 Å². The summed E-state index contributed by atoms with van der Waals surface area (Å²) in [6.45, 7) is 1.57. The number of nitrogens with zero attached hydrogens (tertiary/aromatic N) is 2. The van der Waals surface area contributed by atoms with Gasteiger partial charge in [-0.2, -0.15) is 0 Å². The average molecular weight is 287 g/mol. The molecule has 1 aliphatic heterocycles. The van der Waals surface area contributed by atoms with Crippen LogP contribution >= 0.6 is 0 Å². The Labute approximate surface area is 123 Å². The number of aryl methyl sites for hydroxylation is 1. The molecule has 2 heterocycles. The molecule has 0 bridgehead atoms. The Hall–Kier alpha value is -2.17. The monoisotopic (exact) mass is 287 g/mol. The number of carbonyl (C=O) groups is 1. The van der Waals surface area contributed by atoms with Gasteiger partial charge < -0.3 is 9.88 Å². The molecule has 1 aromatic carbocycles. The number of benzene rings is 1. The molecule has 3 rings (SSSR count). The molecule has 21 heavy (non-hydrogen) atoms. The summed E-state index contributed by atoms with van der Waals surface area (Å²) in [5.74, 6) is 1.03. The number of halogens is 1. The fraction of sp³-hybridized carbons (Fsp3) is 0.375. The van der Waals surface area contributed by atoms with Crippen molar-refractivity contribution in [3.63, 3.8) is 0 Å². The highest BCUT2D eigenvalue weighted by molar-refractivity contribution is 5.78. The van der Waals surface area contributed by atoms with Crippen molar-refractivity contribution in [3.8, 4) is 0 Å². The molecule has 0 radical (unpaired) electrons. The minimum atomic E-state index is -0.327. The smallest absolute Gasteiger partial charge is 0.224 e. The number of carbonyl (C=O) groups excluding carboxylic acids is 1. The predicted molar refractivity (Wildman–Crippen MR) is 77.2 cm³/mol. The molecule has 0 unspecified atom stereocenters. The third kappa shape index (κ3) is 3.29.